The Bertz CT molecular complexity index is 204. The molecule has 0 saturated carbocycles. The van der Waals surface area contributed by atoms with Gasteiger partial charge in [-0.2, -0.15) is 0 Å². The molecule has 0 aliphatic heterocycles. The monoisotopic (exact) mass is 166 g/mol. The quantitative estimate of drug-likeness (QED) is 0.380. The van der Waals surface area contributed by atoms with Crippen LogP contribution in [-0.4, -0.2) is 66.7 Å². The summed E-state index contributed by atoms with van der Waals surface area (Å²) in [4.78, 5) is 0. The van der Waals surface area contributed by atoms with Gasteiger partial charge in [-0.1, -0.05) is 6.07 Å². The fraction of sp³-hybridized carbons (Fsp3) is 0. The predicted octanol–water partition coefficient (Wildman–Crippen LogP) is 0.155. The van der Waals surface area contributed by atoms with E-state index < -0.39 is 5.75 Å². The van der Waals surface area contributed by atoms with Crippen LogP contribution in [0.25, 0.3) is 0 Å². The molecular formula is C6H7KO3. The van der Waals surface area contributed by atoms with Gasteiger partial charge in [-0.05, 0) is 12.1 Å². The van der Waals surface area contributed by atoms with Crippen LogP contribution in [0.1, 0.15) is 0 Å². The molecule has 3 nitrogen and oxygen atoms in total. The SMILES string of the molecule is Oc1cccc(O)c1O.[KH]. The summed E-state index contributed by atoms with van der Waals surface area (Å²) >= 11 is 0. The zero-order valence-corrected chi connectivity index (χ0v) is 4.57. The number of phenols is 3. The van der Waals surface area contributed by atoms with E-state index >= 15 is 0 Å². The molecule has 1 rings (SSSR count). The number of benzene rings is 1. The third kappa shape index (κ3) is 2.14. The molecule has 0 aromatic heterocycles. The summed E-state index contributed by atoms with van der Waals surface area (Å²) in [5.41, 5.74) is 0. The van der Waals surface area contributed by atoms with Gasteiger partial charge in [0.25, 0.3) is 0 Å². The van der Waals surface area contributed by atoms with Gasteiger partial charge in [0.2, 0.25) is 0 Å². The Kier molecular flexibility index (Phi) is 4.31. The zero-order chi connectivity index (χ0) is 6.85. The molecule has 0 aliphatic carbocycles. The first-order valence-electron chi connectivity index (χ1n) is 2.41. The molecule has 0 atom stereocenters. The average Bonchev–Trinajstić information content (AvgIpc) is 1.83. The molecule has 0 heterocycles. The topological polar surface area (TPSA) is 60.7 Å². The second-order valence-corrected chi connectivity index (χ2v) is 1.64. The average molecular weight is 166 g/mol. The molecule has 0 spiro atoms. The Morgan fingerprint density at radius 1 is 0.900 bits per heavy atom. The minimum absolute atomic E-state index is 0. The summed E-state index contributed by atoms with van der Waals surface area (Å²) in [7, 11) is 0. The summed E-state index contributed by atoms with van der Waals surface area (Å²) in [6.07, 6.45) is 0. The van der Waals surface area contributed by atoms with Gasteiger partial charge in [-0.3, -0.25) is 0 Å². The molecule has 10 heavy (non-hydrogen) atoms. The Hall–Kier alpha value is 0.256. The van der Waals surface area contributed by atoms with Crippen molar-refractivity contribution < 1.29 is 15.3 Å². The molecule has 1 aromatic rings. The van der Waals surface area contributed by atoms with Crippen LogP contribution in [0.3, 0.4) is 0 Å². The van der Waals surface area contributed by atoms with Crippen molar-refractivity contribution in [1.29, 1.82) is 0 Å². The maximum absolute atomic E-state index is 8.71. The maximum atomic E-state index is 8.71. The van der Waals surface area contributed by atoms with Crippen LogP contribution in [0.4, 0.5) is 0 Å². The van der Waals surface area contributed by atoms with Crippen molar-refractivity contribution in [2.45, 2.75) is 0 Å². The summed E-state index contributed by atoms with van der Waals surface area (Å²) in [5.74, 6) is -1.09. The number of hydrogen-bond donors (Lipinski definition) is 3. The van der Waals surface area contributed by atoms with Crippen molar-refractivity contribution in [1.82, 2.24) is 0 Å². The Morgan fingerprint density at radius 2 is 1.30 bits per heavy atom. The van der Waals surface area contributed by atoms with E-state index in [9.17, 15) is 0 Å². The molecule has 0 radical (unpaired) electrons. The van der Waals surface area contributed by atoms with Crippen LogP contribution in [-0.2, 0) is 0 Å². The molecule has 0 fully saturated rings. The second-order valence-electron chi connectivity index (χ2n) is 1.64. The molecule has 50 valence electrons. The molecule has 4 heteroatoms. The van der Waals surface area contributed by atoms with Crippen LogP contribution in [0, 0.1) is 0 Å². The van der Waals surface area contributed by atoms with Gasteiger partial charge in [-0.25, -0.2) is 0 Å². The van der Waals surface area contributed by atoms with Gasteiger partial charge in [0.15, 0.2) is 17.2 Å². The Labute approximate surface area is 101 Å². The van der Waals surface area contributed by atoms with Crippen LogP contribution in [0.15, 0.2) is 18.2 Å². The Morgan fingerprint density at radius 3 is 1.60 bits per heavy atom. The van der Waals surface area contributed by atoms with Crippen LogP contribution < -0.4 is 0 Å². The number of phenolic OH excluding ortho intramolecular Hbond substituents is 3. The fourth-order valence-corrected chi connectivity index (χ4v) is 0.519. The van der Waals surface area contributed by atoms with Crippen LogP contribution in [0.5, 0.6) is 17.2 Å². The summed E-state index contributed by atoms with van der Waals surface area (Å²) in [6.45, 7) is 0. The molecular weight excluding hydrogens is 159 g/mol. The number of aromatic hydroxyl groups is 3. The van der Waals surface area contributed by atoms with E-state index in [-0.39, 0.29) is 62.9 Å². The van der Waals surface area contributed by atoms with E-state index in [0.29, 0.717) is 0 Å². The van der Waals surface area contributed by atoms with Crippen molar-refractivity contribution in [3.05, 3.63) is 18.2 Å². The molecule has 0 amide bonds. The Balaban J connectivity index is 0.000000810. The normalized spacial score (nSPS) is 8.40. The molecule has 3 N–H and O–H groups in total. The van der Waals surface area contributed by atoms with Crippen LogP contribution >= 0.6 is 0 Å². The summed E-state index contributed by atoms with van der Waals surface area (Å²) < 4.78 is 0. The van der Waals surface area contributed by atoms with E-state index in [1.54, 1.807) is 0 Å². The standard InChI is InChI=1S/C6H6O3.K.H/c7-4-2-1-3-5(8)6(4)9;;/h1-3,7-9H;;. The first kappa shape index (κ1) is 10.3. The molecule has 0 unspecified atom stereocenters. The van der Waals surface area contributed by atoms with E-state index in [4.69, 9.17) is 15.3 Å². The third-order valence-corrected chi connectivity index (χ3v) is 0.993. The van der Waals surface area contributed by atoms with Crippen molar-refractivity contribution in [3.63, 3.8) is 0 Å². The van der Waals surface area contributed by atoms with Crippen molar-refractivity contribution >= 4 is 51.4 Å². The van der Waals surface area contributed by atoms with Gasteiger partial charge in [0.05, 0.1) is 0 Å². The van der Waals surface area contributed by atoms with Crippen molar-refractivity contribution in [3.8, 4) is 17.2 Å². The summed E-state index contributed by atoms with van der Waals surface area (Å²) in [6, 6.07) is 4.01. The number of para-hydroxylation sites is 1. The van der Waals surface area contributed by atoms with Gasteiger partial charge in [0.1, 0.15) is 0 Å². The summed E-state index contributed by atoms with van der Waals surface area (Å²) in [5, 5.41) is 26.1. The van der Waals surface area contributed by atoms with E-state index in [1.165, 1.54) is 18.2 Å². The minimum atomic E-state index is -0.475. The third-order valence-electron chi connectivity index (χ3n) is 0.993. The van der Waals surface area contributed by atoms with Crippen LogP contribution in [0.2, 0.25) is 0 Å². The van der Waals surface area contributed by atoms with Crippen molar-refractivity contribution in [2.75, 3.05) is 0 Å². The van der Waals surface area contributed by atoms with Gasteiger partial charge in [0, 0.05) is 0 Å². The zero-order valence-electron chi connectivity index (χ0n) is 4.57. The van der Waals surface area contributed by atoms with E-state index in [2.05, 4.69) is 0 Å². The fourth-order valence-electron chi connectivity index (χ4n) is 0.519. The van der Waals surface area contributed by atoms with Gasteiger partial charge >= 0.3 is 51.4 Å². The van der Waals surface area contributed by atoms with Crippen molar-refractivity contribution in [2.24, 2.45) is 0 Å². The molecule has 0 aliphatic rings. The molecule has 0 saturated heterocycles. The number of rotatable bonds is 0. The van der Waals surface area contributed by atoms with E-state index in [1.807, 2.05) is 0 Å². The number of hydrogen-bond acceptors (Lipinski definition) is 3. The first-order chi connectivity index (χ1) is 4.22. The first-order valence-corrected chi connectivity index (χ1v) is 2.41. The predicted molar refractivity (Wildman–Crippen MR) is 38.6 cm³/mol. The second kappa shape index (κ2) is 4.20. The molecule has 0 bridgehead atoms. The molecule has 1 aromatic carbocycles. The van der Waals surface area contributed by atoms with Gasteiger partial charge in [-0.15, -0.1) is 0 Å². The van der Waals surface area contributed by atoms with E-state index in [0.717, 1.165) is 0 Å². The van der Waals surface area contributed by atoms with Gasteiger partial charge < -0.3 is 15.3 Å².